The molecule has 1 aromatic carbocycles. The molecule has 17 heavy (non-hydrogen) atoms. The fourth-order valence-corrected chi connectivity index (χ4v) is 1.39. The zero-order chi connectivity index (χ0) is 13.0. The molecular weight excluding hydrogens is 222 g/mol. The number of nitrogen functional groups attached to an aromatic ring is 1. The Balaban J connectivity index is 2.88. The first-order chi connectivity index (χ1) is 7.91. The zero-order valence-corrected chi connectivity index (χ0v) is 9.40. The van der Waals surface area contributed by atoms with Crippen molar-refractivity contribution in [2.24, 2.45) is 0 Å². The lowest BCUT2D eigenvalue weighted by Crippen LogP contribution is -2.07. The summed E-state index contributed by atoms with van der Waals surface area (Å²) in [6.07, 6.45) is -0.328. The van der Waals surface area contributed by atoms with Gasteiger partial charge in [-0.15, -0.1) is 0 Å². The minimum atomic E-state index is -1.03. The Bertz CT molecular complexity index is 479. The summed E-state index contributed by atoms with van der Waals surface area (Å²) in [5.74, 6) is -1.50. The molecule has 0 aliphatic carbocycles. The number of hydrogen-bond acceptors (Lipinski definition) is 4. The van der Waals surface area contributed by atoms with Crippen molar-refractivity contribution in [2.45, 2.75) is 19.8 Å². The van der Waals surface area contributed by atoms with Crippen LogP contribution in [0.4, 0.5) is 5.69 Å². The summed E-state index contributed by atoms with van der Waals surface area (Å²) in [7, 11) is 0. The minimum absolute atomic E-state index is 0.0983. The summed E-state index contributed by atoms with van der Waals surface area (Å²) < 4.78 is 0. The fourth-order valence-electron chi connectivity index (χ4n) is 1.39. The number of nitrogens with two attached hydrogens (primary N) is 1. The summed E-state index contributed by atoms with van der Waals surface area (Å²) in [4.78, 5) is 33.0. The number of hydrogen-bond donors (Lipinski definition) is 2. The molecule has 1 aromatic rings. The summed E-state index contributed by atoms with van der Waals surface area (Å²) >= 11 is 0. The van der Waals surface area contributed by atoms with E-state index in [1.54, 1.807) is 0 Å². The standard InChI is InChI=1S/C12H13NO4/c1-7(14)8-2-3-9(10(13)6-8)11(15)4-5-12(16)17/h2-3,6H,4-5,13H2,1H3,(H,16,17). The van der Waals surface area contributed by atoms with Crippen LogP contribution in [0.25, 0.3) is 0 Å². The quantitative estimate of drug-likeness (QED) is 0.595. The number of carbonyl (C=O) groups excluding carboxylic acids is 2. The molecule has 0 aliphatic heterocycles. The van der Waals surface area contributed by atoms with E-state index >= 15 is 0 Å². The van der Waals surface area contributed by atoms with E-state index in [1.807, 2.05) is 0 Å². The van der Waals surface area contributed by atoms with Gasteiger partial charge in [0.25, 0.3) is 0 Å². The van der Waals surface area contributed by atoms with Crippen molar-refractivity contribution >= 4 is 23.2 Å². The number of carboxylic acids is 1. The minimum Gasteiger partial charge on any atom is -0.481 e. The van der Waals surface area contributed by atoms with Gasteiger partial charge in [0.05, 0.1) is 6.42 Å². The molecule has 0 radical (unpaired) electrons. The van der Waals surface area contributed by atoms with Crippen molar-refractivity contribution in [3.05, 3.63) is 29.3 Å². The molecule has 3 N–H and O–H groups in total. The molecule has 0 aromatic heterocycles. The van der Waals surface area contributed by atoms with E-state index in [9.17, 15) is 14.4 Å². The Morgan fingerprint density at radius 3 is 2.35 bits per heavy atom. The summed E-state index contributed by atoms with van der Waals surface area (Å²) in [5, 5.41) is 8.47. The molecule has 0 bridgehead atoms. The number of carbonyl (C=O) groups is 3. The fraction of sp³-hybridized carbons (Fsp3) is 0.250. The molecule has 0 heterocycles. The second-order valence-corrected chi connectivity index (χ2v) is 3.68. The van der Waals surface area contributed by atoms with Crippen LogP contribution < -0.4 is 5.73 Å². The van der Waals surface area contributed by atoms with Crippen molar-refractivity contribution in [3.8, 4) is 0 Å². The van der Waals surface area contributed by atoms with Crippen molar-refractivity contribution in [1.82, 2.24) is 0 Å². The largest absolute Gasteiger partial charge is 0.481 e. The Morgan fingerprint density at radius 1 is 1.24 bits per heavy atom. The van der Waals surface area contributed by atoms with Gasteiger partial charge in [-0.05, 0) is 19.1 Å². The average Bonchev–Trinajstić information content (AvgIpc) is 2.25. The second kappa shape index (κ2) is 5.25. The van der Waals surface area contributed by atoms with Crippen LogP contribution in [0.3, 0.4) is 0 Å². The third-order valence-corrected chi connectivity index (χ3v) is 2.32. The van der Waals surface area contributed by atoms with Gasteiger partial charge in [0, 0.05) is 23.2 Å². The van der Waals surface area contributed by atoms with Gasteiger partial charge in [0.15, 0.2) is 11.6 Å². The molecule has 0 saturated carbocycles. The number of anilines is 1. The number of aliphatic carboxylic acids is 1. The molecule has 0 amide bonds. The predicted octanol–water partition coefficient (Wildman–Crippen LogP) is 1.52. The Labute approximate surface area is 98.2 Å². The molecule has 5 nitrogen and oxygen atoms in total. The highest BCUT2D eigenvalue weighted by atomic mass is 16.4. The van der Waals surface area contributed by atoms with Gasteiger partial charge in [-0.2, -0.15) is 0 Å². The van der Waals surface area contributed by atoms with Crippen molar-refractivity contribution in [2.75, 3.05) is 5.73 Å². The molecule has 0 atom stereocenters. The molecule has 0 unspecified atom stereocenters. The molecule has 1 rings (SSSR count). The highest BCUT2D eigenvalue weighted by Gasteiger charge is 2.12. The smallest absolute Gasteiger partial charge is 0.303 e. The molecule has 90 valence electrons. The maximum absolute atomic E-state index is 11.6. The molecule has 5 heteroatoms. The lowest BCUT2D eigenvalue weighted by atomic mass is 10.0. The number of benzene rings is 1. The molecule has 0 fully saturated rings. The molecule has 0 aliphatic rings. The van der Waals surface area contributed by atoms with E-state index in [1.165, 1.54) is 25.1 Å². The van der Waals surface area contributed by atoms with Crippen molar-refractivity contribution in [1.29, 1.82) is 0 Å². The van der Waals surface area contributed by atoms with Crippen LogP contribution in [0.5, 0.6) is 0 Å². The number of ketones is 2. The second-order valence-electron chi connectivity index (χ2n) is 3.68. The van der Waals surface area contributed by atoms with Gasteiger partial charge in [-0.3, -0.25) is 14.4 Å². The van der Waals surface area contributed by atoms with Gasteiger partial charge in [-0.1, -0.05) is 6.07 Å². The zero-order valence-electron chi connectivity index (χ0n) is 9.40. The van der Waals surface area contributed by atoms with Gasteiger partial charge in [0.1, 0.15) is 0 Å². The third kappa shape index (κ3) is 3.41. The van der Waals surface area contributed by atoms with E-state index < -0.39 is 5.97 Å². The van der Waals surface area contributed by atoms with Crippen molar-refractivity contribution in [3.63, 3.8) is 0 Å². The number of carboxylic acid groups (broad SMARTS) is 1. The summed E-state index contributed by atoms with van der Waals surface area (Å²) in [6, 6.07) is 4.39. The Kier molecular flexibility index (Phi) is 3.98. The first-order valence-electron chi connectivity index (χ1n) is 5.07. The predicted molar refractivity (Wildman–Crippen MR) is 62.1 cm³/mol. The first kappa shape index (κ1) is 12.9. The van der Waals surface area contributed by atoms with E-state index in [0.717, 1.165) is 0 Å². The summed E-state index contributed by atoms with van der Waals surface area (Å²) in [5.41, 5.74) is 6.54. The van der Waals surface area contributed by atoms with Gasteiger partial charge in [-0.25, -0.2) is 0 Å². The highest BCUT2D eigenvalue weighted by Crippen LogP contribution is 2.17. The van der Waals surface area contributed by atoms with E-state index in [-0.39, 0.29) is 35.7 Å². The maximum atomic E-state index is 11.6. The van der Waals surface area contributed by atoms with Crippen LogP contribution in [0, 0.1) is 0 Å². The Morgan fingerprint density at radius 2 is 1.88 bits per heavy atom. The van der Waals surface area contributed by atoms with E-state index in [4.69, 9.17) is 10.8 Å². The molecule has 0 spiro atoms. The van der Waals surface area contributed by atoms with E-state index in [0.29, 0.717) is 5.56 Å². The topological polar surface area (TPSA) is 97.5 Å². The van der Waals surface area contributed by atoms with Crippen LogP contribution >= 0.6 is 0 Å². The van der Waals surface area contributed by atoms with Crippen LogP contribution in [0.1, 0.15) is 40.5 Å². The summed E-state index contributed by atoms with van der Waals surface area (Å²) in [6.45, 7) is 1.40. The van der Waals surface area contributed by atoms with Crippen LogP contribution in [-0.2, 0) is 4.79 Å². The third-order valence-electron chi connectivity index (χ3n) is 2.32. The van der Waals surface area contributed by atoms with Gasteiger partial charge >= 0.3 is 5.97 Å². The van der Waals surface area contributed by atoms with Gasteiger partial charge in [0.2, 0.25) is 0 Å². The van der Waals surface area contributed by atoms with E-state index in [2.05, 4.69) is 0 Å². The lowest BCUT2D eigenvalue weighted by Gasteiger charge is -2.05. The van der Waals surface area contributed by atoms with Crippen LogP contribution in [-0.4, -0.2) is 22.6 Å². The molecular formula is C12H13NO4. The highest BCUT2D eigenvalue weighted by molar-refractivity contribution is 6.03. The SMILES string of the molecule is CC(=O)c1ccc(C(=O)CCC(=O)O)c(N)c1. The van der Waals surface area contributed by atoms with Gasteiger partial charge < -0.3 is 10.8 Å². The number of rotatable bonds is 5. The monoisotopic (exact) mass is 235 g/mol. The average molecular weight is 235 g/mol. The van der Waals surface area contributed by atoms with Crippen LogP contribution in [0.2, 0.25) is 0 Å². The first-order valence-corrected chi connectivity index (χ1v) is 5.07. The number of Topliss-reactive ketones (excluding diaryl/α,β-unsaturated/α-hetero) is 2. The normalized spacial score (nSPS) is 9.94. The lowest BCUT2D eigenvalue weighted by molar-refractivity contribution is -0.136. The van der Waals surface area contributed by atoms with Crippen LogP contribution in [0.15, 0.2) is 18.2 Å². The molecule has 0 saturated heterocycles. The van der Waals surface area contributed by atoms with Crippen molar-refractivity contribution < 1.29 is 19.5 Å². The Hall–Kier alpha value is -2.17. The maximum Gasteiger partial charge on any atom is 0.303 e.